The van der Waals surface area contributed by atoms with Crippen LogP contribution in [0.25, 0.3) is 16.8 Å². The molecule has 0 aliphatic rings. The number of hydrogen-bond donors (Lipinski definition) is 2. The minimum Gasteiger partial charge on any atom is -0.439 e. The highest BCUT2D eigenvalue weighted by atomic mass is 16.5. The van der Waals surface area contributed by atoms with Crippen LogP contribution < -0.4 is 10.1 Å². The third kappa shape index (κ3) is 8.09. The summed E-state index contributed by atoms with van der Waals surface area (Å²) in [5.74, 6) is 0.143. The van der Waals surface area contributed by atoms with Gasteiger partial charge >= 0.3 is 0 Å². The van der Waals surface area contributed by atoms with Gasteiger partial charge in [0, 0.05) is 30.3 Å². The molecule has 1 aromatic heterocycles. The van der Waals surface area contributed by atoms with Crippen molar-refractivity contribution in [3.05, 3.63) is 144 Å². The molecule has 0 spiro atoms. The van der Waals surface area contributed by atoms with Crippen molar-refractivity contribution in [2.75, 3.05) is 6.61 Å². The van der Waals surface area contributed by atoms with Gasteiger partial charge < -0.3 is 15.2 Å². The molecule has 1 atom stereocenters. The number of ketones is 2. The lowest BCUT2D eigenvalue weighted by molar-refractivity contribution is -0.125. The summed E-state index contributed by atoms with van der Waals surface area (Å²) in [6.45, 7) is -0.576. The Kier molecular flexibility index (Phi) is 9.46. The van der Waals surface area contributed by atoms with Gasteiger partial charge in [0.2, 0.25) is 11.8 Å². The Morgan fingerprint density at radius 2 is 1.53 bits per heavy atom. The molecule has 0 radical (unpaired) electrons. The van der Waals surface area contributed by atoms with Crippen LogP contribution in [0.1, 0.15) is 27.0 Å². The zero-order valence-electron chi connectivity index (χ0n) is 23.4. The molecule has 5 aromatic rings. The lowest BCUT2D eigenvalue weighted by atomic mass is 9.95. The van der Waals surface area contributed by atoms with E-state index in [4.69, 9.17) is 9.84 Å². The van der Waals surface area contributed by atoms with Crippen LogP contribution in [0.2, 0.25) is 0 Å². The van der Waals surface area contributed by atoms with Gasteiger partial charge in [-0.05, 0) is 58.2 Å². The molecule has 4 aromatic carbocycles. The van der Waals surface area contributed by atoms with Gasteiger partial charge in [-0.25, -0.2) is 4.98 Å². The van der Waals surface area contributed by atoms with E-state index in [1.807, 2.05) is 72.8 Å². The summed E-state index contributed by atoms with van der Waals surface area (Å²) in [4.78, 5) is 42.5. The van der Waals surface area contributed by atoms with Crippen molar-refractivity contribution in [2.45, 2.75) is 18.9 Å². The Hall–Kier alpha value is -5.40. The Bertz CT molecular complexity index is 1750. The van der Waals surface area contributed by atoms with Crippen molar-refractivity contribution < 1.29 is 24.2 Å². The molecule has 0 aliphatic carbocycles. The molecule has 7 heteroatoms. The van der Waals surface area contributed by atoms with Gasteiger partial charge in [0.1, 0.15) is 12.4 Å². The SMILES string of the molecule is O=C(/C=C/c1ccc(Oc2ccccc2)nc1)N[C@@H](Cc1ccc2ccccc2c1)C(=O)Cc1ccc(C(=O)CO)cc1. The number of fused-ring (bicyclic) bond motifs is 1. The van der Waals surface area contributed by atoms with Crippen molar-refractivity contribution >= 4 is 34.3 Å². The van der Waals surface area contributed by atoms with Gasteiger partial charge in [-0.15, -0.1) is 0 Å². The van der Waals surface area contributed by atoms with Crippen molar-refractivity contribution in [1.29, 1.82) is 0 Å². The van der Waals surface area contributed by atoms with Crippen LogP contribution in [0.15, 0.2) is 121 Å². The monoisotopic (exact) mass is 570 g/mol. The summed E-state index contributed by atoms with van der Waals surface area (Å²) >= 11 is 0. The van der Waals surface area contributed by atoms with E-state index in [9.17, 15) is 14.4 Å². The van der Waals surface area contributed by atoms with Gasteiger partial charge in [0.15, 0.2) is 11.6 Å². The summed E-state index contributed by atoms with van der Waals surface area (Å²) in [5.41, 5.74) is 2.70. The fourth-order valence-electron chi connectivity index (χ4n) is 4.62. The number of nitrogens with one attached hydrogen (secondary N) is 1. The number of aliphatic hydroxyl groups is 1. The first-order chi connectivity index (χ1) is 21.0. The zero-order valence-corrected chi connectivity index (χ0v) is 23.4. The van der Waals surface area contributed by atoms with Gasteiger partial charge in [0.25, 0.3) is 0 Å². The molecular weight excluding hydrogens is 540 g/mol. The molecule has 7 nitrogen and oxygen atoms in total. The number of carbonyl (C=O) groups excluding carboxylic acids is 3. The number of carbonyl (C=O) groups is 3. The molecule has 0 unspecified atom stereocenters. The number of aliphatic hydroxyl groups excluding tert-OH is 1. The predicted molar refractivity (Wildman–Crippen MR) is 166 cm³/mol. The van der Waals surface area contributed by atoms with Gasteiger partial charge in [-0.3, -0.25) is 14.4 Å². The third-order valence-corrected chi connectivity index (χ3v) is 6.91. The van der Waals surface area contributed by atoms with Gasteiger partial charge in [-0.1, -0.05) is 84.9 Å². The fourth-order valence-corrected chi connectivity index (χ4v) is 4.62. The lowest BCUT2D eigenvalue weighted by Crippen LogP contribution is -2.42. The second-order valence-corrected chi connectivity index (χ2v) is 10.0. The Labute approximate surface area is 249 Å². The van der Waals surface area contributed by atoms with E-state index in [2.05, 4.69) is 10.3 Å². The largest absolute Gasteiger partial charge is 0.439 e. The maximum absolute atomic E-state index is 13.5. The summed E-state index contributed by atoms with van der Waals surface area (Å²) < 4.78 is 5.71. The summed E-state index contributed by atoms with van der Waals surface area (Å²) in [6, 6.07) is 32.6. The van der Waals surface area contributed by atoms with Crippen LogP contribution in [0.4, 0.5) is 0 Å². The number of benzene rings is 4. The van der Waals surface area contributed by atoms with E-state index in [1.165, 1.54) is 6.08 Å². The average Bonchev–Trinajstić information content (AvgIpc) is 3.04. The molecule has 1 heterocycles. The first-order valence-electron chi connectivity index (χ1n) is 13.9. The highest BCUT2D eigenvalue weighted by Gasteiger charge is 2.21. The number of amides is 1. The highest BCUT2D eigenvalue weighted by molar-refractivity contribution is 5.98. The molecular formula is C36H30N2O5. The van der Waals surface area contributed by atoms with E-state index >= 15 is 0 Å². The van der Waals surface area contributed by atoms with Gasteiger partial charge in [-0.2, -0.15) is 0 Å². The van der Waals surface area contributed by atoms with Crippen LogP contribution in [0.3, 0.4) is 0 Å². The number of nitrogens with zero attached hydrogens (tertiary/aromatic N) is 1. The summed E-state index contributed by atoms with van der Waals surface area (Å²) in [6.07, 6.45) is 5.00. The number of pyridine rings is 1. The number of aromatic nitrogens is 1. The predicted octanol–water partition coefficient (Wildman–Crippen LogP) is 5.75. The standard InChI is InChI=1S/C36H30N2O5/c39-24-34(41)29-16-10-25(11-17-29)22-33(40)32(21-27-12-15-28-6-4-5-7-30(28)20-27)38-35(42)18-13-26-14-19-36(37-23-26)43-31-8-2-1-3-9-31/h1-20,23,32,39H,21-22,24H2,(H,38,42)/b18-13+/t32-/m0/s1. The number of rotatable bonds is 12. The first kappa shape index (κ1) is 29.1. The molecule has 0 fully saturated rings. The maximum atomic E-state index is 13.5. The van der Waals surface area contributed by atoms with E-state index in [0.29, 0.717) is 34.7 Å². The fraction of sp³-hybridized carbons (Fsp3) is 0.111. The Morgan fingerprint density at radius 1 is 0.814 bits per heavy atom. The van der Waals surface area contributed by atoms with Crippen LogP contribution in [-0.4, -0.2) is 40.2 Å². The van der Waals surface area contributed by atoms with E-state index < -0.39 is 18.6 Å². The number of Topliss-reactive ketones (excluding diaryl/α,β-unsaturated/α-hetero) is 2. The summed E-state index contributed by atoms with van der Waals surface area (Å²) in [7, 11) is 0. The van der Waals surface area contributed by atoms with Crippen LogP contribution in [-0.2, 0) is 22.4 Å². The minimum atomic E-state index is -0.781. The molecule has 1 amide bonds. The first-order valence-corrected chi connectivity index (χ1v) is 13.9. The van der Waals surface area contributed by atoms with Crippen LogP contribution in [0.5, 0.6) is 11.6 Å². The maximum Gasteiger partial charge on any atom is 0.244 e. The lowest BCUT2D eigenvalue weighted by Gasteiger charge is -2.18. The normalized spacial score (nSPS) is 11.7. The second-order valence-electron chi connectivity index (χ2n) is 10.0. The number of ether oxygens (including phenoxy) is 1. The molecule has 0 saturated carbocycles. The molecule has 214 valence electrons. The molecule has 2 N–H and O–H groups in total. The molecule has 0 bridgehead atoms. The van der Waals surface area contributed by atoms with E-state index in [0.717, 1.165) is 16.3 Å². The van der Waals surface area contributed by atoms with Crippen LogP contribution in [0, 0.1) is 0 Å². The Morgan fingerprint density at radius 3 is 2.26 bits per heavy atom. The van der Waals surface area contributed by atoms with E-state index in [1.54, 1.807) is 48.7 Å². The zero-order chi connectivity index (χ0) is 30.0. The quantitative estimate of drug-likeness (QED) is 0.146. The Balaban J connectivity index is 1.28. The van der Waals surface area contributed by atoms with Gasteiger partial charge in [0.05, 0.1) is 6.04 Å². The summed E-state index contributed by atoms with van der Waals surface area (Å²) in [5, 5.41) is 14.1. The molecule has 0 saturated heterocycles. The molecule has 0 aliphatic heterocycles. The minimum absolute atomic E-state index is 0.0721. The molecule has 5 rings (SSSR count). The second kappa shape index (κ2) is 14.0. The van der Waals surface area contributed by atoms with Crippen molar-refractivity contribution in [3.8, 4) is 11.6 Å². The van der Waals surface area contributed by atoms with Crippen LogP contribution >= 0.6 is 0 Å². The van der Waals surface area contributed by atoms with Crippen molar-refractivity contribution in [2.24, 2.45) is 0 Å². The number of para-hydroxylation sites is 1. The highest BCUT2D eigenvalue weighted by Crippen LogP contribution is 2.20. The smallest absolute Gasteiger partial charge is 0.244 e. The van der Waals surface area contributed by atoms with Crippen molar-refractivity contribution in [1.82, 2.24) is 10.3 Å². The van der Waals surface area contributed by atoms with E-state index in [-0.39, 0.29) is 18.0 Å². The van der Waals surface area contributed by atoms with Crippen molar-refractivity contribution in [3.63, 3.8) is 0 Å². The topological polar surface area (TPSA) is 106 Å². The molecule has 43 heavy (non-hydrogen) atoms. The third-order valence-electron chi connectivity index (χ3n) is 6.91. The average molecular weight is 571 g/mol. The number of hydrogen-bond acceptors (Lipinski definition) is 6.